The highest BCUT2D eigenvalue weighted by Gasteiger charge is 2.13. The van der Waals surface area contributed by atoms with Crippen molar-refractivity contribution in [2.45, 2.75) is 18.3 Å². The van der Waals surface area contributed by atoms with E-state index in [2.05, 4.69) is 15.3 Å². The van der Waals surface area contributed by atoms with Crippen LogP contribution >= 0.6 is 23.1 Å². The quantitative estimate of drug-likeness (QED) is 0.437. The lowest BCUT2D eigenvalue weighted by Gasteiger charge is -2.07. The lowest BCUT2D eigenvalue weighted by molar-refractivity contribution is -0.113. The number of carbonyl (C=O) groups is 1. The number of nitrogens with zero attached hydrogens (tertiary/aromatic N) is 3. The van der Waals surface area contributed by atoms with Crippen LogP contribution < -0.4 is 5.32 Å². The van der Waals surface area contributed by atoms with Gasteiger partial charge in [-0.2, -0.15) is 0 Å². The number of imidazole rings is 1. The summed E-state index contributed by atoms with van der Waals surface area (Å²) in [4.78, 5) is 21.1. The van der Waals surface area contributed by atoms with Crippen LogP contribution in [-0.4, -0.2) is 31.3 Å². The van der Waals surface area contributed by atoms with Gasteiger partial charge in [0.1, 0.15) is 5.82 Å². The number of rotatable bonds is 7. The molecule has 1 amide bonds. The van der Waals surface area contributed by atoms with E-state index in [1.807, 2.05) is 28.8 Å². The van der Waals surface area contributed by atoms with Gasteiger partial charge in [0.2, 0.25) is 5.91 Å². The Bertz CT molecular complexity index is 1110. The standard InChI is InChI=1S/C20H17FN4O2S2/c21-14-7-5-13(6-8-14)9-25-10-15(11-26)22-20(25)28-12-18(27)24-19-23-16-3-1-2-4-17(16)29-19/h1-8,10,26H,9,11-12H2,(H,23,24,27). The monoisotopic (exact) mass is 428 g/mol. The van der Waals surface area contributed by atoms with Gasteiger partial charge in [-0.15, -0.1) is 0 Å². The molecule has 0 saturated carbocycles. The topological polar surface area (TPSA) is 80.0 Å². The first-order chi connectivity index (χ1) is 14.1. The zero-order chi connectivity index (χ0) is 20.2. The maximum atomic E-state index is 13.1. The van der Waals surface area contributed by atoms with Gasteiger partial charge < -0.3 is 15.0 Å². The molecule has 2 heterocycles. The normalized spacial score (nSPS) is 11.1. The third kappa shape index (κ3) is 4.81. The van der Waals surface area contributed by atoms with Gasteiger partial charge in [0.05, 0.1) is 28.3 Å². The molecular weight excluding hydrogens is 411 g/mol. The molecule has 0 aliphatic carbocycles. The zero-order valence-electron chi connectivity index (χ0n) is 15.2. The summed E-state index contributed by atoms with van der Waals surface area (Å²) >= 11 is 2.70. The van der Waals surface area contributed by atoms with Crippen molar-refractivity contribution in [3.05, 3.63) is 71.8 Å². The van der Waals surface area contributed by atoms with Gasteiger partial charge in [-0.3, -0.25) is 4.79 Å². The number of thiazole rings is 1. The summed E-state index contributed by atoms with van der Waals surface area (Å²) in [5, 5.41) is 13.4. The number of thioether (sulfide) groups is 1. The van der Waals surface area contributed by atoms with Gasteiger partial charge in [0, 0.05) is 12.7 Å². The van der Waals surface area contributed by atoms with Crippen LogP contribution in [0, 0.1) is 5.82 Å². The van der Waals surface area contributed by atoms with Crippen molar-refractivity contribution >= 4 is 44.4 Å². The van der Waals surface area contributed by atoms with E-state index in [9.17, 15) is 14.3 Å². The van der Waals surface area contributed by atoms with E-state index in [4.69, 9.17) is 0 Å². The van der Waals surface area contributed by atoms with E-state index in [1.54, 1.807) is 18.3 Å². The summed E-state index contributed by atoms with van der Waals surface area (Å²) in [5.74, 6) is -0.325. The van der Waals surface area contributed by atoms with Crippen LogP contribution in [0.5, 0.6) is 0 Å². The second-order valence-corrected chi connectivity index (χ2v) is 8.22. The van der Waals surface area contributed by atoms with Crippen molar-refractivity contribution < 1.29 is 14.3 Å². The Kier molecular flexibility index (Phi) is 5.89. The van der Waals surface area contributed by atoms with Crippen molar-refractivity contribution in [3.63, 3.8) is 0 Å². The minimum absolute atomic E-state index is 0.154. The van der Waals surface area contributed by atoms with E-state index in [0.717, 1.165) is 15.8 Å². The third-order valence-electron chi connectivity index (χ3n) is 4.09. The van der Waals surface area contributed by atoms with Gasteiger partial charge in [-0.1, -0.05) is 47.4 Å². The van der Waals surface area contributed by atoms with E-state index >= 15 is 0 Å². The molecule has 0 aliphatic heterocycles. The summed E-state index contributed by atoms with van der Waals surface area (Å²) in [6.45, 7) is 0.275. The highest BCUT2D eigenvalue weighted by atomic mass is 32.2. The van der Waals surface area contributed by atoms with E-state index in [-0.39, 0.29) is 24.1 Å². The summed E-state index contributed by atoms with van der Waals surface area (Å²) in [7, 11) is 0. The number of hydrogen-bond donors (Lipinski definition) is 2. The predicted molar refractivity (Wildman–Crippen MR) is 113 cm³/mol. The lowest BCUT2D eigenvalue weighted by Crippen LogP contribution is -2.14. The van der Waals surface area contributed by atoms with Gasteiger partial charge >= 0.3 is 0 Å². The second-order valence-electron chi connectivity index (χ2n) is 6.25. The Hall–Kier alpha value is -2.75. The SMILES string of the molecule is O=C(CSc1nc(CO)cn1Cc1ccc(F)cc1)Nc1nc2ccccc2s1. The molecule has 0 spiro atoms. The first kappa shape index (κ1) is 19.6. The van der Waals surface area contributed by atoms with Crippen LogP contribution in [0.3, 0.4) is 0 Å². The first-order valence-electron chi connectivity index (χ1n) is 8.80. The Morgan fingerprint density at radius 1 is 1.17 bits per heavy atom. The highest BCUT2D eigenvalue weighted by Crippen LogP contribution is 2.26. The predicted octanol–water partition coefficient (Wildman–Crippen LogP) is 3.90. The molecule has 0 fully saturated rings. The van der Waals surface area contributed by atoms with Crippen LogP contribution in [-0.2, 0) is 17.9 Å². The molecule has 29 heavy (non-hydrogen) atoms. The van der Waals surface area contributed by atoms with Gasteiger partial charge in [0.15, 0.2) is 10.3 Å². The largest absolute Gasteiger partial charge is 0.390 e. The zero-order valence-corrected chi connectivity index (χ0v) is 16.8. The van der Waals surface area contributed by atoms with Crippen molar-refractivity contribution in [3.8, 4) is 0 Å². The maximum Gasteiger partial charge on any atom is 0.236 e. The summed E-state index contributed by atoms with van der Waals surface area (Å²) in [6.07, 6.45) is 1.73. The number of benzene rings is 2. The number of fused-ring (bicyclic) bond motifs is 1. The molecule has 0 radical (unpaired) electrons. The van der Waals surface area contributed by atoms with Crippen molar-refractivity contribution in [1.29, 1.82) is 0 Å². The van der Waals surface area contributed by atoms with Crippen LogP contribution in [0.2, 0.25) is 0 Å². The first-order valence-corrected chi connectivity index (χ1v) is 10.6. The fourth-order valence-electron chi connectivity index (χ4n) is 2.75. The minimum Gasteiger partial charge on any atom is -0.390 e. The Morgan fingerprint density at radius 2 is 1.97 bits per heavy atom. The van der Waals surface area contributed by atoms with Crippen molar-refractivity contribution in [2.24, 2.45) is 0 Å². The molecule has 4 aromatic rings. The number of para-hydroxylation sites is 1. The van der Waals surface area contributed by atoms with Crippen molar-refractivity contribution in [2.75, 3.05) is 11.1 Å². The second kappa shape index (κ2) is 8.73. The molecule has 0 unspecified atom stereocenters. The average molecular weight is 429 g/mol. The summed E-state index contributed by atoms with van der Waals surface area (Å²) < 4.78 is 16.0. The number of anilines is 1. The number of amides is 1. The maximum absolute atomic E-state index is 13.1. The molecule has 2 N–H and O–H groups in total. The number of halogens is 1. The third-order valence-corrected chi connectivity index (χ3v) is 6.03. The fraction of sp³-hybridized carbons (Fsp3) is 0.150. The van der Waals surface area contributed by atoms with E-state index < -0.39 is 0 Å². The number of aromatic nitrogens is 3. The van der Waals surface area contributed by atoms with E-state index in [1.165, 1.54) is 35.2 Å². The molecular formula is C20H17FN4O2S2. The summed E-state index contributed by atoms with van der Waals surface area (Å²) in [6, 6.07) is 13.9. The number of aliphatic hydroxyl groups excluding tert-OH is 1. The molecule has 0 aliphatic rings. The minimum atomic E-state index is -0.295. The number of nitrogens with one attached hydrogen (secondary N) is 1. The Balaban J connectivity index is 1.42. The van der Waals surface area contributed by atoms with Crippen LogP contribution in [0.1, 0.15) is 11.3 Å². The van der Waals surface area contributed by atoms with Crippen LogP contribution in [0.15, 0.2) is 59.9 Å². The number of aliphatic hydroxyl groups is 1. The van der Waals surface area contributed by atoms with Gasteiger partial charge in [-0.05, 0) is 29.8 Å². The molecule has 0 saturated heterocycles. The van der Waals surface area contributed by atoms with Crippen molar-refractivity contribution in [1.82, 2.24) is 14.5 Å². The smallest absolute Gasteiger partial charge is 0.236 e. The highest BCUT2D eigenvalue weighted by molar-refractivity contribution is 7.99. The molecule has 0 bridgehead atoms. The molecule has 6 nitrogen and oxygen atoms in total. The lowest BCUT2D eigenvalue weighted by atomic mass is 10.2. The fourth-order valence-corrected chi connectivity index (χ4v) is 4.43. The Morgan fingerprint density at radius 3 is 2.72 bits per heavy atom. The Labute approximate surface area is 174 Å². The summed E-state index contributed by atoms with van der Waals surface area (Å²) in [5.41, 5.74) is 2.26. The molecule has 148 valence electrons. The van der Waals surface area contributed by atoms with Gasteiger partial charge in [-0.25, -0.2) is 14.4 Å². The molecule has 2 aromatic carbocycles. The van der Waals surface area contributed by atoms with Crippen LogP contribution in [0.4, 0.5) is 9.52 Å². The number of carbonyl (C=O) groups excluding carboxylic acids is 1. The number of hydrogen-bond acceptors (Lipinski definition) is 6. The molecule has 0 atom stereocenters. The van der Waals surface area contributed by atoms with E-state index in [0.29, 0.717) is 22.5 Å². The average Bonchev–Trinajstić information content (AvgIpc) is 3.31. The molecule has 9 heteroatoms. The molecule has 4 rings (SSSR count). The van der Waals surface area contributed by atoms with Gasteiger partial charge in [0.25, 0.3) is 0 Å². The van der Waals surface area contributed by atoms with Crippen LogP contribution in [0.25, 0.3) is 10.2 Å². The molecule has 2 aromatic heterocycles.